The van der Waals surface area contributed by atoms with Crippen molar-refractivity contribution < 1.29 is 21.7 Å². The van der Waals surface area contributed by atoms with Gasteiger partial charge in [-0.05, 0) is 39.8 Å². The van der Waals surface area contributed by atoms with Gasteiger partial charge >= 0.3 is 0 Å². The Balaban J connectivity index is 1.79. The minimum absolute atomic E-state index is 0.0931. The normalized spacial score (nSPS) is 23.5. The van der Waals surface area contributed by atoms with Gasteiger partial charge in [0.25, 0.3) is 0 Å². The summed E-state index contributed by atoms with van der Waals surface area (Å²) in [5, 5.41) is 17.5. The molecule has 1 aliphatic heterocycles. The maximum atomic E-state index is 14.8. The highest BCUT2D eigenvalue weighted by atomic mass is 32.2. The summed E-state index contributed by atoms with van der Waals surface area (Å²) in [4.78, 5) is 3.91. The summed E-state index contributed by atoms with van der Waals surface area (Å²) in [6.07, 6.45) is 3.56. The third kappa shape index (κ3) is 4.09. The highest BCUT2D eigenvalue weighted by Crippen LogP contribution is 2.34. The summed E-state index contributed by atoms with van der Waals surface area (Å²) in [6, 6.07) is 1.15. The van der Waals surface area contributed by atoms with Gasteiger partial charge in [-0.25, -0.2) is 22.2 Å². The average Bonchev–Trinajstić information content (AvgIpc) is 3.05. The predicted molar refractivity (Wildman–Crippen MR) is 115 cm³/mol. The summed E-state index contributed by atoms with van der Waals surface area (Å²) in [6.45, 7) is 9.70. The number of rotatable bonds is 5. The molecule has 0 aromatic carbocycles. The first-order valence-electron chi connectivity index (χ1n) is 9.28. The van der Waals surface area contributed by atoms with Crippen molar-refractivity contribution in [3.63, 3.8) is 0 Å². The average molecular weight is 451 g/mol. The molecule has 1 aliphatic rings. The lowest BCUT2D eigenvalue weighted by Crippen LogP contribution is -2.66. The Morgan fingerprint density at radius 2 is 2.06 bits per heavy atom. The van der Waals surface area contributed by atoms with Gasteiger partial charge in [0.1, 0.15) is 22.2 Å². The molecule has 8 nitrogen and oxygen atoms in total. The number of fused-ring (bicyclic) bond motifs is 1. The fraction of sp³-hybridized carbons (Fsp3) is 0.350. The summed E-state index contributed by atoms with van der Waals surface area (Å²) >= 11 is 0. The molecular formula is C20H23F2N5O3S. The second kappa shape index (κ2) is 7.56. The Morgan fingerprint density at radius 3 is 2.71 bits per heavy atom. The van der Waals surface area contributed by atoms with Crippen LogP contribution in [-0.2, 0) is 9.84 Å². The summed E-state index contributed by atoms with van der Waals surface area (Å²) in [7, 11) is -3.71. The van der Waals surface area contributed by atoms with E-state index in [-0.39, 0.29) is 22.8 Å². The number of nitrogens with one attached hydrogen (secondary N) is 3. The zero-order valence-electron chi connectivity index (χ0n) is 17.5. The number of allylic oxidation sites excluding steroid dienone is 3. The third-order valence-electron chi connectivity index (χ3n) is 5.29. The Kier molecular flexibility index (Phi) is 5.51. The van der Waals surface area contributed by atoms with Crippen LogP contribution in [0.3, 0.4) is 0 Å². The maximum absolute atomic E-state index is 14.8. The molecule has 2 aromatic heterocycles. The Bertz CT molecular complexity index is 1250. The molecule has 1 saturated heterocycles. The van der Waals surface area contributed by atoms with Crippen LogP contribution < -0.4 is 10.6 Å². The van der Waals surface area contributed by atoms with Gasteiger partial charge < -0.3 is 15.2 Å². The Morgan fingerprint density at radius 1 is 1.39 bits per heavy atom. The van der Waals surface area contributed by atoms with Crippen LogP contribution in [-0.4, -0.2) is 40.4 Å². The smallest absolute Gasteiger partial charge is 0.200 e. The summed E-state index contributed by atoms with van der Waals surface area (Å²) in [5.41, 5.74) is -0.518. The van der Waals surface area contributed by atoms with Crippen LogP contribution in [0.4, 0.5) is 14.6 Å². The van der Waals surface area contributed by atoms with Gasteiger partial charge in [0.15, 0.2) is 26.8 Å². The number of halogens is 2. The minimum atomic E-state index is -3.71. The Labute approximate surface area is 178 Å². The standard InChI is InChI=1S/C20H23F2N5O3S/c1-11(25-17-16-15(30-27-17)8-13(21)9-24-16)6-7-14(22)12(2)20(5)10-31(28,29)19(3,4)18(23)26-20/h6-9H,2,10H2,1,3-5H3,(H2,23,26)(H,25,27)/b11-6+,14-7+/t20-/m0/s1. The van der Waals surface area contributed by atoms with Crippen LogP contribution in [0.5, 0.6) is 0 Å². The molecule has 0 amide bonds. The molecule has 3 heterocycles. The van der Waals surface area contributed by atoms with Crippen LogP contribution >= 0.6 is 0 Å². The lowest BCUT2D eigenvalue weighted by Gasteiger charge is -2.43. The highest BCUT2D eigenvalue weighted by Gasteiger charge is 2.51. The van der Waals surface area contributed by atoms with Gasteiger partial charge in [-0.2, -0.15) is 0 Å². The van der Waals surface area contributed by atoms with Gasteiger partial charge in [0.05, 0.1) is 17.5 Å². The molecule has 0 spiro atoms. The second-order valence-electron chi connectivity index (χ2n) is 8.10. The van der Waals surface area contributed by atoms with Crippen molar-refractivity contribution >= 4 is 32.6 Å². The second-order valence-corrected chi connectivity index (χ2v) is 10.6. The van der Waals surface area contributed by atoms with Crippen LogP contribution in [0.25, 0.3) is 11.1 Å². The molecule has 0 unspecified atom stereocenters. The summed E-state index contributed by atoms with van der Waals surface area (Å²) < 4.78 is 56.8. The molecular weight excluding hydrogens is 428 g/mol. The van der Waals surface area contributed by atoms with E-state index in [1.165, 1.54) is 26.8 Å². The van der Waals surface area contributed by atoms with Crippen molar-refractivity contribution in [3.05, 3.63) is 53.9 Å². The lowest BCUT2D eigenvalue weighted by atomic mass is 9.92. The fourth-order valence-electron chi connectivity index (χ4n) is 3.02. The molecule has 3 rings (SSSR count). The molecule has 31 heavy (non-hydrogen) atoms. The largest absolute Gasteiger partial charge is 0.362 e. The number of pyridine rings is 1. The van der Waals surface area contributed by atoms with E-state index in [1.54, 1.807) is 6.92 Å². The number of amidine groups is 1. The molecule has 1 fully saturated rings. The minimum Gasteiger partial charge on any atom is -0.362 e. The zero-order valence-corrected chi connectivity index (χ0v) is 18.3. The lowest BCUT2D eigenvalue weighted by molar-refractivity contribution is 0.457. The van der Waals surface area contributed by atoms with Crippen molar-refractivity contribution in [2.45, 2.75) is 38.0 Å². The zero-order chi connectivity index (χ0) is 23.2. The molecule has 2 aromatic rings. The monoisotopic (exact) mass is 451 g/mol. The van der Waals surface area contributed by atoms with Crippen LogP contribution in [0, 0.1) is 11.2 Å². The number of anilines is 1. The molecule has 0 radical (unpaired) electrons. The van der Waals surface area contributed by atoms with Crippen molar-refractivity contribution in [1.29, 1.82) is 5.41 Å². The number of nitrogens with zero attached hydrogens (tertiary/aromatic N) is 2. The number of aromatic nitrogens is 2. The SMILES string of the molecule is C=C(/C(F)=C\C=C(/C)Nc1noc2cc(F)cnc12)[C@]1(C)CS(=O)(=O)C(C)(C)C(=N)N1. The molecule has 3 N–H and O–H groups in total. The number of sulfone groups is 1. The topological polar surface area (TPSA) is 121 Å². The quantitative estimate of drug-likeness (QED) is 0.594. The first-order chi connectivity index (χ1) is 14.3. The van der Waals surface area contributed by atoms with Gasteiger partial charge in [-0.1, -0.05) is 11.7 Å². The predicted octanol–water partition coefficient (Wildman–Crippen LogP) is 3.62. The molecule has 0 bridgehead atoms. The summed E-state index contributed by atoms with van der Waals surface area (Å²) in [5.74, 6) is -1.69. The first-order valence-corrected chi connectivity index (χ1v) is 10.9. The molecule has 0 aliphatic carbocycles. The van der Waals surface area contributed by atoms with Gasteiger partial charge in [-0.15, -0.1) is 0 Å². The van der Waals surface area contributed by atoms with E-state index in [0.29, 0.717) is 11.2 Å². The molecule has 0 saturated carbocycles. The van der Waals surface area contributed by atoms with Crippen molar-refractivity contribution in [2.24, 2.45) is 0 Å². The van der Waals surface area contributed by atoms with E-state index in [9.17, 15) is 17.2 Å². The fourth-order valence-corrected chi connectivity index (χ4v) is 4.75. The molecule has 11 heteroatoms. The van der Waals surface area contributed by atoms with E-state index in [2.05, 4.69) is 27.4 Å². The van der Waals surface area contributed by atoms with Gasteiger partial charge in [-0.3, -0.25) is 5.41 Å². The van der Waals surface area contributed by atoms with Crippen molar-refractivity contribution in [2.75, 3.05) is 11.1 Å². The van der Waals surface area contributed by atoms with E-state index < -0.39 is 37.5 Å². The van der Waals surface area contributed by atoms with Crippen molar-refractivity contribution in [1.82, 2.24) is 15.5 Å². The van der Waals surface area contributed by atoms with E-state index >= 15 is 0 Å². The van der Waals surface area contributed by atoms with E-state index in [1.807, 2.05) is 0 Å². The molecule has 1 atom stereocenters. The Hall–Kier alpha value is -3.08. The van der Waals surface area contributed by atoms with Crippen LogP contribution in [0.2, 0.25) is 0 Å². The van der Waals surface area contributed by atoms with E-state index in [0.717, 1.165) is 18.3 Å². The van der Waals surface area contributed by atoms with Crippen LogP contribution in [0.15, 0.2) is 52.6 Å². The van der Waals surface area contributed by atoms with Crippen molar-refractivity contribution in [3.8, 4) is 0 Å². The maximum Gasteiger partial charge on any atom is 0.200 e. The first kappa shape index (κ1) is 22.6. The number of hydrogen-bond acceptors (Lipinski definition) is 7. The van der Waals surface area contributed by atoms with Gasteiger partial charge in [0.2, 0.25) is 0 Å². The number of hydrogen-bond donors (Lipinski definition) is 3. The van der Waals surface area contributed by atoms with E-state index in [4.69, 9.17) is 9.93 Å². The molecule has 166 valence electrons. The van der Waals surface area contributed by atoms with Gasteiger partial charge in [0, 0.05) is 17.3 Å². The highest BCUT2D eigenvalue weighted by molar-refractivity contribution is 7.93. The third-order valence-corrected chi connectivity index (χ3v) is 8.00. The van der Waals surface area contributed by atoms with Crippen LogP contribution in [0.1, 0.15) is 27.7 Å².